The molecule has 36 heavy (non-hydrogen) atoms. The van der Waals surface area contributed by atoms with Crippen molar-refractivity contribution in [2.45, 2.75) is 13.3 Å². The summed E-state index contributed by atoms with van der Waals surface area (Å²) < 4.78 is 27.4. The van der Waals surface area contributed by atoms with Crippen LogP contribution < -0.4 is 24.3 Å². The zero-order chi connectivity index (χ0) is 25.9. The first-order chi connectivity index (χ1) is 17.5. The van der Waals surface area contributed by atoms with Crippen molar-refractivity contribution in [1.29, 1.82) is 5.26 Å². The number of carbonyl (C=O) groups excluding carboxylic acids is 1. The van der Waals surface area contributed by atoms with Crippen molar-refractivity contribution in [3.63, 3.8) is 0 Å². The smallest absolute Gasteiger partial charge is 0.267 e. The number of carbonyl (C=O) groups is 1. The average Bonchev–Trinajstić information content (AvgIpc) is 3.30. The van der Waals surface area contributed by atoms with Crippen molar-refractivity contribution < 1.29 is 28.3 Å². The molecule has 0 bridgehead atoms. The number of ether oxygens (including phenoxy) is 4. The number of nitrogens with one attached hydrogen (secondary N) is 1. The van der Waals surface area contributed by atoms with Crippen LogP contribution in [0.5, 0.6) is 23.0 Å². The van der Waals surface area contributed by atoms with Gasteiger partial charge in [0.15, 0.2) is 28.8 Å². The SMILES string of the molecule is C=CCc1ccc(OCCOc2ccc(/C=C(/C#N)C(=O)Nc3cc(C)on3)cc2OC)c(OC)c1. The molecular formula is C27H27N3O6. The third-order valence-electron chi connectivity index (χ3n) is 4.94. The molecule has 0 aliphatic rings. The Morgan fingerprint density at radius 3 is 2.31 bits per heavy atom. The van der Waals surface area contributed by atoms with E-state index in [0.717, 1.165) is 12.0 Å². The lowest BCUT2D eigenvalue weighted by atomic mass is 10.1. The number of rotatable bonds is 12. The number of aromatic nitrogens is 1. The van der Waals surface area contributed by atoms with Crippen molar-refractivity contribution in [3.8, 4) is 29.1 Å². The summed E-state index contributed by atoms with van der Waals surface area (Å²) in [5.41, 5.74) is 1.56. The van der Waals surface area contributed by atoms with Crippen LogP contribution in [0.1, 0.15) is 16.9 Å². The van der Waals surface area contributed by atoms with Gasteiger partial charge in [0.05, 0.1) is 14.2 Å². The number of amides is 1. The maximum Gasteiger partial charge on any atom is 0.267 e. The topological polar surface area (TPSA) is 116 Å². The highest BCUT2D eigenvalue weighted by Gasteiger charge is 2.13. The van der Waals surface area contributed by atoms with E-state index in [2.05, 4.69) is 17.1 Å². The van der Waals surface area contributed by atoms with Crippen LogP contribution in [0, 0.1) is 18.3 Å². The average molecular weight is 490 g/mol. The summed E-state index contributed by atoms with van der Waals surface area (Å²) in [4.78, 5) is 12.4. The lowest BCUT2D eigenvalue weighted by molar-refractivity contribution is -0.112. The number of hydrogen-bond donors (Lipinski definition) is 1. The number of aryl methyl sites for hydroxylation is 1. The van der Waals surface area contributed by atoms with Crippen LogP contribution in [-0.2, 0) is 11.2 Å². The molecule has 0 unspecified atom stereocenters. The second kappa shape index (κ2) is 12.7. The van der Waals surface area contributed by atoms with Gasteiger partial charge in [0.1, 0.15) is 30.6 Å². The van der Waals surface area contributed by atoms with Gasteiger partial charge in [0, 0.05) is 6.07 Å². The van der Waals surface area contributed by atoms with Crippen molar-refractivity contribution in [2.75, 3.05) is 32.8 Å². The van der Waals surface area contributed by atoms with Crippen LogP contribution in [0.2, 0.25) is 0 Å². The molecule has 1 heterocycles. The van der Waals surface area contributed by atoms with Crippen LogP contribution in [0.15, 0.2) is 65.2 Å². The molecular weight excluding hydrogens is 462 g/mol. The molecule has 0 spiro atoms. The molecule has 2 aromatic carbocycles. The molecule has 1 aromatic heterocycles. The largest absolute Gasteiger partial charge is 0.493 e. The summed E-state index contributed by atoms with van der Waals surface area (Å²) in [5, 5.41) is 15.6. The highest BCUT2D eigenvalue weighted by molar-refractivity contribution is 6.09. The van der Waals surface area contributed by atoms with E-state index < -0.39 is 5.91 Å². The van der Waals surface area contributed by atoms with Gasteiger partial charge in [-0.15, -0.1) is 6.58 Å². The van der Waals surface area contributed by atoms with Crippen LogP contribution >= 0.6 is 0 Å². The third kappa shape index (κ3) is 6.90. The van der Waals surface area contributed by atoms with Crippen molar-refractivity contribution in [3.05, 3.63) is 77.6 Å². The summed E-state index contributed by atoms with van der Waals surface area (Å²) in [6.45, 7) is 5.98. The van der Waals surface area contributed by atoms with E-state index >= 15 is 0 Å². The summed E-state index contributed by atoms with van der Waals surface area (Å²) in [6, 6.07) is 14.3. The van der Waals surface area contributed by atoms with E-state index in [9.17, 15) is 10.1 Å². The van der Waals surface area contributed by atoms with E-state index in [1.807, 2.05) is 30.3 Å². The molecule has 1 amide bonds. The number of methoxy groups -OCH3 is 2. The number of anilines is 1. The van der Waals surface area contributed by atoms with E-state index in [1.54, 1.807) is 38.3 Å². The van der Waals surface area contributed by atoms with E-state index in [0.29, 0.717) is 34.3 Å². The Bertz CT molecular complexity index is 1290. The second-order valence-corrected chi connectivity index (χ2v) is 7.53. The zero-order valence-electron chi connectivity index (χ0n) is 20.4. The highest BCUT2D eigenvalue weighted by atomic mass is 16.5. The third-order valence-corrected chi connectivity index (χ3v) is 4.94. The number of hydrogen-bond acceptors (Lipinski definition) is 8. The molecule has 0 fully saturated rings. The molecule has 0 saturated carbocycles. The molecule has 1 N–H and O–H groups in total. The quantitative estimate of drug-likeness (QED) is 0.168. The Hall–Kier alpha value is -4.71. The highest BCUT2D eigenvalue weighted by Crippen LogP contribution is 2.30. The Balaban J connectivity index is 1.62. The van der Waals surface area contributed by atoms with Gasteiger partial charge in [-0.1, -0.05) is 23.4 Å². The first-order valence-electron chi connectivity index (χ1n) is 11.0. The van der Waals surface area contributed by atoms with Crippen molar-refractivity contribution in [1.82, 2.24) is 5.16 Å². The van der Waals surface area contributed by atoms with Gasteiger partial charge in [0.25, 0.3) is 5.91 Å². The normalized spacial score (nSPS) is 10.8. The van der Waals surface area contributed by atoms with Crippen molar-refractivity contribution in [2.24, 2.45) is 0 Å². The Labute approximate surface area is 209 Å². The molecule has 0 saturated heterocycles. The lowest BCUT2D eigenvalue weighted by Crippen LogP contribution is -2.13. The van der Waals surface area contributed by atoms with E-state index in [1.165, 1.54) is 13.2 Å². The second-order valence-electron chi connectivity index (χ2n) is 7.53. The molecule has 0 aliphatic heterocycles. The fourth-order valence-corrected chi connectivity index (χ4v) is 3.25. The van der Waals surface area contributed by atoms with Gasteiger partial charge in [-0.25, -0.2) is 0 Å². The maximum absolute atomic E-state index is 12.4. The summed E-state index contributed by atoms with van der Waals surface area (Å²) in [6.07, 6.45) is 4.01. The summed E-state index contributed by atoms with van der Waals surface area (Å²) >= 11 is 0. The molecule has 0 radical (unpaired) electrons. The minimum atomic E-state index is -0.602. The molecule has 3 aromatic rings. The van der Waals surface area contributed by atoms with Gasteiger partial charge in [-0.2, -0.15) is 5.26 Å². The number of nitrogens with zero attached hydrogens (tertiary/aromatic N) is 2. The standard InChI is InChI=1S/C27H27N3O6/c1-5-6-19-7-9-22(24(15-19)32-3)34-11-12-35-23-10-8-20(16-25(23)33-4)14-21(17-28)27(31)29-26-13-18(2)36-30-26/h5,7-10,13-16H,1,6,11-12H2,2-4H3,(H,29,30,31)/b21-14-. The molecule has 9 nitrogen and oxygen atoms in total. The fraction of sp³-hybridized carbons (Fsp3) is 0.222. The Morgan fingerprint density at radius 2 is 1.72 bits per heavy atom. The van der Waals surface area contributed by atoms with Gasteiger partial charge in [0.2, 0.25) is 0 Å². The predicted octanol–water partition coefficient (Wildman–Crippen LogP) is 4.73. The van der Waals surface area contributed by atoms with Crippen LogP contribution in [-0.4, -0.2) is 38.5 Å². The summed E-state index contributed by atoms with van der Waals surface area (Å²) in [5.74, 6) is 2.36. The lowest BCUT2D eigenvalue weighted by Gasteiger charge is -2.14. The molecule has 9 heteroatoms. The molecule has 3 rings (SSSR count). The van der Waals surface area contributed by atoms with Crippen LogP contribution in [0.25, 0.3) is 6.08 Å². The Morgan fingerprint density at radius 1 is 1.06 bits per heavy atom. The molecule has 0 aliphatic carbocycles. The first kappa shape index (κ1) is 25.9. The van der Waals surface area contributed by atoms with Gasteiger partial charge in [-0.05, 0) is 54.8 Å². The molecule has 186 valence electrons. The van der Waals surface area contributed by atoms with Gasteiger partial charge >= 0.3 is 0 Å². The zero-order valence-corrected chi connectivity index (χ0v) is 20.4. The monoisotopic (exact) mass is 489 g/mol. The Kier molecular flexibility index (Phi) is 9.12. The fourth-order valence-electron chi connectivity index (χ4n) is 3.25. The molecule has 0 atom stereocenters. The van der Waals surface area contributed by atoms with Crippen molar-refractivity contribution >= 4 is 17.8 Å². The number of allylic oxidation sites excluding steroid dienone is 1. The van der Waals surface area contributed by atoms with E-state index in [4.69, 9.17) is 23.5 Å². The minimum absolute atomic E-state index is 0.104. The number of nitriles is 1. The first-order valence-corrected chi connectivity index (χ1v) is 11.0. The minimum Gasteiger partial charge on any atom is -0.493 e. The number of benzene rings is 2. The van der Waals surface area contributed by atoms with Gasteiger partial charge < -0.3 is 28.8 Å². The predicted molar refractivity (Wildman–Crippen MR) is 134 cm³/mol. The van der Waals surface area contributed by atoms with Gasteiger partial charge in [-0.3, -0.25) is 4.79 Å². The van der Waals surface area contributed by atoms with E-state index in [-0.39, 0.29) is 24.6 Å². The summed E-state index contributed by atoms with van der Waals surface area (Å²) in [7, 11) is 3.10. The van der Waals surface area contributed by atoms with Crippen LogP contribution in [0.4, 0.5) is 5.82 Å². The van der Waals surface area contributed by atoms with Crippen LogP contribution in [0.3, 0.4) is 0 Å². The maximum atomic E-state index is 12.4.